The first kappa shape index (κ1) is 21.2. The third-order valence-electron chi connectivity index (χ3n) is 5.70. The van der Waals surface area contributed by atoms with E-state index in [0.29, 0.717) is 5.92 Å². The largest absolute Gasteiger partial charge is 0.354 e. The summed E-state index contributed by atoms with van der Waals surface area (Å²) in [5.41, 5.74) is 3.63. The highest BCUT2D eigenvalue weighted by Crippen LogP contribution is 2.21. The minimum absolute atomic E-state index is 0.0117. The third kappa shape index (κ3) is 4.58. The summed E-state index contributed by atoms with van der Waals surface area (Å²) >= 11 is 0. The van der Waals surface area contributed by atoms with Crippen LogP contribution in [0.2, 0.25) is 0 Å². The number of hydrogen-bond acceptors (Lipinski definition) is 6. The number of amides is 1. The third-order valence-corrected chi connectivity index (χ3v) is 5.70. The normalized spacial score (nSPS) is 16.3. The Morgan fingerprint density at radius 3 is 2.28 bits per heavy atom. The zero-order valence-electron chi connectivity index (χ0n) is 18.7. The Hall–Kier alpha value is -2.48. The van der Waals surface area contributed by atoms with Gasteiger partial charge in [-0.15, -0.1) is 0 Å². The molecule has 0 aromatic carbocycles. The molecular formula is C21H33N7O. The van der Waals surface area contributed by atoms with E-state index in [4.69, 9.17) is 4.98 Å². The van der Waals surface area contributed by atoms with E-state index in [1.165, 1.54) is 0 Å². The van der Waals surface area contributed by atoms with Crippen LogP contribution in [-0.2, 0) is 11.8 Å². The number of carbonyl (C=O) groups excluding carboxylic acids is 1. The van der Waals surface area contributed by atoms with Crippen molar-refractivity contribution in [2.24, 2.45) is 7.05 Å². The van der Waals surface area contributed by atoms with Crippen LogP contribution in [0.1, 0.15) is 49.6 Å². The topological polar surface area (TPSA) is 79.2 Å². The molecule has 1 amide bonds. The molecule has 158 valence electrons. The number of aromatic nitrogens is 4. The van der Waals surface area contributed by atoms with Crippen LogP contribution in [0.25, 0.3) is 0 Å². The van der Waals surface area contributed by atoms with Gasteiger partial charge >= 0.3 is 0 Å². The number of nitrogens with one attached hydrogen (secondary N) is 1. The first-order valence-electron chi connectivity index (χ1n) is 10.3. The Labute approximate surface area is 173 Å². The number of nitrogens with zero attached hydrogens (tertiary/aromatic N) is 6. The van der Waals surface area contributed by atoms with Gasteiger partial charge in [0.2, 0.25) is 5.91 Å². The van der Waals surface area contributed by atoms with Crippen LogP contribution in [0.15, 0.2) is 6.07 Å². The Balaban J connectivity index is 1.62. The van der Waals surface area contributed by atoms with Crippen molar-refractivity contribution in [1.82, 2.24) is 24.6 Å². The molecule has 0 aliphatic carbocycles. The van der Waals surface area contributed by atoms with Gasteiger partial charge in [-0.3, -0.25) is 14.4 Å². The van der Waals surface area contributed by atoms with Crippen molar-refractivity contribution in [3.8, 4) is 0 Å². The van der Waals surface area contributed by atoms with E-state index in [9.17, 15) is 4.79 Å². The predicted molar refractivity (Wildman–Crippen MR) is 115 cm³/mol. The lowest BCUT2D eigenvalue weighted by atomic mass is 10.2. The summed E-state index contributed by atoms with van der Waals surface area (Å²) in [6.45, 7) is 15.4. The van der Waals surface area contributed by atoms with Crippen molar-refractivity contribution >= 4 is 17.4 Å². The SMILES string of the molecule is Cc1cc(N2CCN(C(C)C(=O)Nc3c(C)nn(C)c3C)CC2)nc(C(C)C)n1. The molecule has 1 fully saturated rings. The van der Waals surface area contributed by atoms with Gasteiger partial charge in [0, 0.05) is 50.9 Å². The van der Waals surface area contributed by atoms with Crippen molar-refractivity contribution in [2.75, 3.05) is 36.4 Å². The van der Waals surface area contributed by atoms with E-state index in [1.807, 2.05) is 40.8 Å². The van der Waals surface area contributed by atoms with Crippen LogP contribution in [0.3, 0.4) is 0 Å². The molecule has 2 aromatic rings. The lowest BCUT2D eigenvalue weighted by Gasteiger charge is -2.38. The summed E-state index contributed by atoms with van der Waals surface area (Å²) in [4.78, 5) is 26.6. The average Bonchev–Trinajstić information content (AvgIpc) is 2.93. The molecule has 1 aliphatic rings. The average molecular weight is 400 g/mol. The molecule has 8 nitrogen and oxygen atoms in total. The van der Waals surface area contributed by atoms with Gasteiger partial charge in [0.25, 0.3) is 0 Å². The second kappa shape index (κ2) is 8.49. The van der Waals surface area contributed by atoms with E-state index in [-0.39, 0.29) is 11.9 Å². The molecule has 1 aliphatic heterocycles. The maximum atomic E-state index is 12.8. The Morgan fingerprint density at radius 2 is 1.72 bits per heavy atom. The van der Waals surface area contributed by atoms with Crippen LogP contribution in [0.5, 0.6) is 0 Å². The highest BCUT2D eigenvalue weighted by atomic mass is 16.2. The second-order valence-electron chi connectivity index (χ2n) is 8.24. The molecule has 3 heterocycles. The number of aryl methyl sites for hydroxylation is 3. The monoisotopic (exact) mass is 399 g/mol. The van der Waals surface area contributed by atoms with Crippen LogP contribution < -0.4 is 10.2 Å². The molecule has 3 rings (SSSR count). The van der Waals surface area contributed by atoms with Crippen molar-refractivity contribution in [1.29, 1.82) is 0 Å². The maximum absolute atomic E-state index is 12.8. The Bertz CT molecular complexity index is 881. The Kier molecular flexibility index (Phi) is 6.21. The summed E-state index contributed by atoms with van der Waals surface area (Å²) in [5.74, 6) is 2.19. The smallest absolute Gasteiger partial charge is 0.241 e. The predicted octanol–water partition coefficient (Wildman–Crippen LogP) is 2.41. The molecule has 0 saturated carbocycles. The highest BCUT2D eigenvalue weighted by molar-refractivity contribution is 5.95. The van der Waals surface area contributed by atoms with E-state index < -0.39 is 0 Å². The van der Waals surface area contributed by atoms with Crippen molar-refractivity contribution < 1.29 is 4.79 Å². The van der Waals surface area contributed by atoms with Crippen LogP contribution in [0.4, 0.5) is 11.5 Å². The number of carbonyl (C=O) groups is 1. The molecule has 2 aromatic heterocycles. The summed E-state index contributed by atoms with van der Waals surface area (Å²) in [5, 5.41) is 7.44. The molecule has 1 unspecified atom stereocenters. The number of piperazine rings is 1. The highest BCUT2D eigenvalue weighted by Gasteiger charge is 2.27. The summed E-state index contributed by atoms with van der Waals surface area (Å²) in [6, 6.07) is 1.85. The van der Waals surface area contributed by atoms with Gasteiger partial charge in [0.05, 0.1) is 23.1 Å². The van der Waals surface area contributed by atoms with Crippen LogP contribution >= 0.6 is 0 Å². The maximum Gasteiger partial charge on any atom is 0.241 e. The van der Waals surface area contributed by atoms with Crippen LogP contribution in [-0.4, -0.2) is 62.8 Å². The number of anilines is 2. The first-order chi connectivity index (χ1) is 13.7. The summed E-state index contributed by atoms with van der Waals surface area (Å²) < 4.78 is 1.80. The zero-order chi connectivity index (χ0) is 21.3. The van der Waals surface area contributed by atoms with Crippen LogP contribution in [0, 0.1) is 20.8 Å². The molecule has 29 heavy (non-hydrogen) atoms. The molecule has 1 N–H and O–H groups in total. The minimum atomic E-state index is -0.200. The molecule has 1 saturated heterocycles. The van der Waals surface area contributed by atoms with Crippen molar-refractivity contribution in [3.63, 3.8) is 0 Å². The molecule has 0 bridgehead atoms. The molecular weight excluding hydrogens is 366 g/mol. The molecule has 0 spiro atoms. The number of rotatable bonds is 5. The van der Waals surface area contributed by atoms with E-state index in [2.05, 4.69) is 39.0 Å². The van der Waals surface area contributed by atoms with Crippen molar-refractivity contribution in [3.05, 3.63) is 29.0 Å². The van der Waals surface area contributed by atoms with Gasteiger partial charge in [-0.2, -0.15) is 5.10 Å². The fraction of sp³-hybridized carbons (Fsp3) is 0.619. The fourth-order valence-corrected chi connectivity index (χ4v) is 3.68. The molecule has 0 radical (unpaired) electrons. The van der Waals surface area contributed by atoms with Gasteiger partial charge < -0.3 is 10.2 Å². The van der Waals surface area contributed by atoms with E-state index in [0.717, 1.165) is 60.6 Å². The standard InChI is InChI=1S/C21H33N7O/c1-13(2)20-22-14(3)12-18(23-20)28-10-8-27(9-11-28)17(6)21(29)24-19-15(4)25-26(7)16(19)5/h12-13,17H,8-11H2,1-7H3,(H,24,29). The first-order valence-corrected chi connectivity index (χ1v) is 10.3. The van der Waals surface area contributed by atoms with Gasteiger partial charge in [-0.05, 0) is 27.7 Å². The lowest BCUT2D eigenvalue weighted by Crippen LogP contribution is -2.53. The summed E-state index contributed by atoms with van der Waals surface area (Å²) in [7, 11) is 1.89. The van der Waals surface area contributed by atoms with E-state index >= 15 is 0 Å². The molecule has 1 atom stereocenters. The zero-order valence-corrected chi connectivity index (χ0v) is 18.7. The van der Waals surface area contributed by atoms with E-state index in [1.54, 1.807) is 4.68 Å². The number of hydrogen-bond donors (Lipinski definition) is 1. The lowest BCUT2D eigenvalue weighted by molar-refractivity contribution is -0.120. The van der Waals surface area contributed by atoms with Gasteiger partial charge in [0.1, 0.15) is 11.6 Å². The van der Waals surface area contributed by atoms with Gasteiger partial charge in [0.15, 0.2) is 0 Å². The quantitative estimate of drug-likeness (QED) is 0.832. The van der Waals surface area contributed by atoms with Crippen molar-refractivity contribution in [2.45, 2.75) is 53.5 Å². The fourth-order valence-electron chi connectivity index (χ4n) is 3.68. The molecule has 8 heteroatoms. The van der Waals surface area contributed by atoms with Gasteiger partial charge in [-0.25, -0.2) is 9.97 Å². The van der Waals surface area contributed by atoms with Gasteiger partial charge in [-0.1, -0.05) is 13.8 Å². The second-order valence-corrected chi connectivity index (χ2v) is 8.24. The Morgan fingerprint density at radius 1 is 1.07 bits per heavy atom. The minimum Gasteiger partial charge on any atom is -0.354 e. The summed E-state index contributed by atoms with van der Waals surface area (Å²) in [6.07, 6.45) is 0.